The van der Waals surface area contributed by atoms with Crippen LogP contribution in [0.15, 0.2) is 47.6 Å². The molecular weight excluding hydrogens is 276 g/mol. The molecule has 2 aromatic rings. The Labute approximate surface area is 117 Å². The molecule has 0 saturated heterocycles. The van der Waals surface area contributed by atoms with Gasteiger partial charge >= 0.3 is 0 Å². The quantitative estimate of drug-likeness (QED) is 0.938. The van der Waals surface area contributed by atoms with Gasteiger partial charge in [-0.3, -0.25) is 9.78 Å². The molecule has 6 heteroatoms. The minimum atomic E-state index is -3.33. The van der Waals surface area contributed by atoms with Gasteiger partial charge in [-0.2, -0.15) is 0 Å². The lowest BCUT2D eigenvalue weighted by atomic mass is 10.2. The van der Waals surface area contributed by atoms with E-state index in [9.17, 15) is 13.2 Å². The van der Waals surface area contributed by atoms with Gasteiger partial charge in [-0.05, 0) is 36.8 Å². The van der Waals surface area contributed by atoms with Crippen LogP contribution < -0.4 is 5.32 Å². The number of carbonyl (C=O) groups is 1. The number of amides is 1. The average Bonchev–Trinajstić information content (AvgIpc) is 2.40. The SMILES string of the molecule is Cc1ccncc1NC(=O)c1cccc(S(C)(=O)=O)c1. The summed E-state index contributed by atoms with van der Waals surface area (Å²) in [5.74, 6) is -0.369. The van der Waals surface area contributed by atoms with Crippen molar-refractivity contribution in [1.29, 1.82) is 0 Å². The number of pyridine rings is 1. The second-order valence-corrected chi connectivity index (χ2v) is 6.46. The molecule has 20 heavy (non-hydrogen) atoms. The number of aryl methyl sites for hydroxylation is 1. The largest absolute Gasteiger partial charge is 0.320 e. The molecule has 0 radical (unpaired) electrons. The van der Waals surface area contributed by atoms with Crippen molar-refractivity contribution in [2.45, 2.75) is 11.8 Å². The van der Waals surface area contributed by atoms with Crippen LogP contribution in [-0.2, 0) is 9.84 Å². The van der Waals surface area contributed by atoms with Gasteiger partial charge in [0.25, 0.3) is 5.91 Å². The molecule has 0 bridgehead atoms. The number of nitrogens with one attached hydrogen (secondary N) is 1. The molecule has 1 heterocycles. The minimum Gasteiger partial charge on any atom is -0.320 e. The zero-order valence-corrected chi connectivity index (χ0v) is 11.9. The molecular formula is C14H14N2O3S. The van der Waals surface area contributed by atoms with Gasteiger partial charge in [-0.15, -0.1) is 0 Å². The normalized spacial score (nSPS) is 11.1. The van der Waals surface area contributed by atoms with Crippen LogP contribution in [0.2, 0.25) is 0 Å². The number of benzene rings is 1. The van der Waals surface area contributed by atoms with Crippen molar-refractivity contribution in [2.24, 2.45) is 0 Å². The number of anilines is 1. The van der Waals surface area contributed by atoms with Gasteiger partial charge in [0.1, 0.15) is 0 Å². The Kier molecular flexibility index (Phi) is 3.85. The number of hydrogen-bond acceptors (Lipinski definition) is 4. The number of sulfone groups is 1. The van der Waals surface area contributed by atoms with E-state index in [1.165, 1.54) is 12.1 Å². The highest BCUT2D eigenvalue weighted by molar-refractivity contribution is 7.90. The second kappa shape index (κ2) is 5.42. The third-order valence-electron chi connectivity index (χ3n) is 2.81. The zero-order chi connectivity index (χ0) is 14.8. The van der Waals surface area contributed by atoms with Crippen LogP contribution in [0.25, 0.3) is 0 Å². The lowest BCUT2D eigenvalue weighted by molar-refractivity contribution is 0.102. The number of carbonyl (C=O) groups excluding carboxylic acids is 1. The van der Waals surface area contributed by atoms with Gasteiger partial charge in [0.15, 0.2) is 9.84 Å². The molecule has 0 aliphatic carbocycles. The van der Waals surface area contributed by atoms with Gasteiger partial charge in [0, 0.05) is 18.0 Å². The summed E-state index contributed by atoms with van der Waals surface area (Å²) >= 11 is 0. The summed E-state index contributed by atoms with van der Waals surface area (Å²) < 4.78 is 23.0. The van der Waals surface area contributed by atoms with Crippen LogP contribution in [0, 0.1) is 6.92 Å². The molecule has 0 atom stereocenters. The van der Waals surface area contributed by atoms with Crippen LogP contribution in [0.3, 0.4) is 0 Å². The lowest BCUT2D eigenvalue weighted by Crippen LogP contribution is -2.13. The molecule has 1 N–H and O–H groups in total. The van der Waals surface area contributed by atoms with Crippen LogP contribution in [-0.4, -0.2) is 25.6 Å². The third kappa shape index (κ3) is 3.21. The Hall–Kier alpha value is -2.21. The second-order valence-electron chi connectivity index (χ2n) is 4.44. The van der Waals surface area contributed by atoms with Crippen molar-refractivity contribution < 1.29 is 13.2 Å². The first-order valence-corrected chi connectivity index (χ1v) is 7.79. The summed E-state index contributed by atoms with van der Waals surface area (Å²) in [6.07, 6.45) is 4.29. The van der Waals surface area contributed by atoms with Crippen LogP contribution in [0.1, 0.15) is 15.9 Å². The van der Waals surface area contributed by atoms with Crippen molar-refractivity contribution >= 4 is 21.4 Å². The smallest absolute Gasteiger partial charge is 0.255 e. The number of hydrogen-bond donors (Lipinski definition) is 1. The Morgan fingerprint density at radius 1 is 1.25 bits per heavy atom. The van der Waals surface area contributed by atoms with Gasteiger partial charge in [0.05, 0.1) is 16.8 Å². The molecule has 1 aromatic heterocycles. The Bertz CT molecular complexity index is 755. The number of nitrogens with zero attached hydrogens (tertiary/aromatic N) is 1. The molecule has 1 amide bonds. The molecule has 104 valence electrons. The molecule has 0 fully saturated rings. The van der Waals surface area contributed by atoms with E-state index >= 15 is 0 Å². The highest BCUT2D eigenvalue weighted by Crippen LogP contribution is 2.15. The highest BCUT2D eigenvalue weighted by Gasteiger charge is 2.12. The first-order chi connectivity index (χ1) is 9.38. The van der Waals surface area contributed by atoms with Crippen molar-refractivity contribution in [2.75, 3.05) is 11.6 Å². The maximum atomic E-state index is 12.1. The monoisotopic (exact) mass is 290 g/mol. The minimum absolute atomic E-state index is 0.119. The standard InChI is InChI=1S/C14H14N2O3S/c1-10-6-7-15-9-13(10)16-14(17)11-4-3-5-12(8-11)20(2,18)19/h3-9H,1-2H3,(H,16,17). The Morgan fingerprint density at radius 2 is 2.00 bits per heavy atom. The van der Waals surface area contributed by atoms with E-state index in [-0.39, 0.29) is 16.4 Å². The van der Waals surface area contributed by atoms with E-state index in [1.54, 1.807) is 30.6 Å². The van der Waals surface area contributed by atoms with Crippen LogP contribution >= 0.6 is 0 Å². The summed E-state index contributed by atoms with van der Waals surface area (Å²) in [5, 5.41) is 2.71. The molecule has 0 aliphatic heterocycles. The Morgan fingerprint density at radius 3 is 2.65 bits per heavy atom. The van der Waals surface area contributed by atoms with Gasteiger partial charge < -0.3 is 5.32 Å². The van der Waals surface area contributed by atoms with E-state index < -0.39 is 9.84 Å². The van der Waals surface area contributed by atoms with E-state index in [4.69, 9.17) is 0 Å². The molecule has 0 unspecified atom stereocenters. The summed E-state index contributed by atoms with van der Waals surface area (Å²) in [5.41, 5.74) is 1.77. The van der Waals surface area contributed by atoms with Gasteiger partial charge in [-0.1, -0.05) is 6.07 Å². The highest BCUT2D eigenvalue weighted by atomic mass is 32.2. The predicted octanol–water partition coefficient (Wildman–Crippen LogP) is 2.05. The summed E-state index contributed by atoms with van der Waals surface area (Å²) in [4.78, 5) is 16.2. The predicted molar refractivity (Wildman–Crippen MR) is 76.5 cm³/mol. The van der Waals surface area contributed by atoms with Crippen molar-refractivity contribution in [3.8, 4) is 0 Å². The number of rotatable bonds is 3. The van der Waals surface area contributed by atoms with Crippen LogP contribution in [0.5, 0.6) is 0 Å². The van der Waals surface area contributed by atoms with Gasteiger partial charge in [0.2, 0.25) is 0 Å². The van der Waals surface area contributed by atoms with E-state index in [2.05, 4.69) is 10.3 Å². The fraction of sp³-hybridized carbons (Fsp3) is 0.143. The molecule has 2 rings (SSSR count). The maximum Gasteiger partial charge on any atom is 0.255 e. The van der Waals surface area contributed by atoms with Crippen molar-refractivity contribution in [3.05, 3.63) is 53.9 Å². The first kappa shape index (κ1) is 14.2. The molecule has 5 nitrogen and oxygen atoms in total. The first-order valence-electron chi connectivity index (χ1n) is 5.90. The fourth-order valence-electron chi connectivity index (χ4n) is 1.66. The lowest BCUT2D eigenvalue weighted by Gasteiger charge is -2.08. The maximum absolute atomic E-state index is 12.1. The zero-order valence-electron chi connectivity index (χ0n) is 11.1. The third-order valence-corrected chi connectivity index (χ3v) is 3.92. The fourth-order valence-corrected chi connectivity index (χ4v) is 2.32. The molecule has 0 saturated carbocycles. The summed E-state index contributed by atoms with van der Waals surface area (Å²) in [6, 6.07) is 7.71. The van der Waals surface area contributed by atoms with Gasteiger partial charge in [-0.25, -0.2) is 8.42 Å². The molecule has 0 spiro atoms. The number of aromatic nitrogens is 1. The average molecular weight is 290 g/mol. The molecule has 1 aromatic carbocycles. The van der Waals surface area contributed by atoms with E-state index in [0.717, 1.165) is 11.8 Å². The van der Waals surface area contributed by atoms with E-state index in [1.807, 2.05) is 6.92 Å². The topological polar surface area (TPSA) is 76.1 Å². The van der Waals surface area contributed by atoms with Crippen molar-refractivity contribution in [1.82, 2.24) is 4.98 Å². The van der Waals surface area contributed by atoms with Crippen LogP contribution in [0.4, 0.5) is 5.69 Å². The Balaban J connectivity index is 2.29. The molecule has 0 aliphatic rings. The van der Waals surface area contributed by atoms with Crippen molar-refractivity contribution in [3.63, 3.8) is 0 Å². The summed E-state index contributed by atoms with van der Waals surface area (Å²) in [7, 11) is -3.33. The summed E-state index contributed by atoms with van der Waals surface area (Å²) in [6.45, 7) is 1.85. The van der Waals surface area contributed by atoms with E-state index in [0.29, 0.717) is 5.69 Å².